The summed E-state index contributed by atoms with van der Waals surface area (Å²) in [6.45, 7) is 2.44. The highest BCUT2D eigenvalue weighted by Crippen LogP contribution is 2.43. The number of aryl methyl sites for hydroxylation is 1. The molecular weight excluding hydrogens is 370 g/mol. The first-order chi connectivity index (χ1) is 13.5. The number of fused-ring (bicyclic) bond motifs is 1. The Kier molecular flexibility index (Phi) is 4.87. The summed E-state index contributed by atoms with van der Waals surface area (Å²) in [5.41, 5.74) is 0.967. The van der Waals surface area contributed by atoms with E-state index in [0.717, 1.165) is 16.9 Å². The molecule has 4 rings (SSSR count). The van der Waals surface area contributed by atoms with Crippen molar-refractivity contribution in [1.29, 1.82) is 0 Å². The number of para-hydroxylation sites is 1. The summed E-state index contributed by atoms with van der Waals surface area (Å²) in [6, 6.07) is 18.4. The average molecular weight is 391 g/mol. The van der Waals surface area contributed by atoms with E-state index in [-0.39, 0.29) is 12.2 Å². The second-order valence-electron chi connectivity index (χ2n) is 7.00. The second kappa shape index (κ2) is 7.34. The third-order valence-electron chi connectivity index (χ3n) is 5.23. The fourth-order valence-corrected chi connectivity index (χ4v) is 4.35. The van der Waals surface area contributed by atoms with Gasteiger partial charge in [0.2, 0.25) is 0 Å². The second-order valence-corrected chi connectivity index (χ2v) is 8.03. The van der Waals surface area contributed by atoms with Crippen LogP contribution in [0.3, 0.4) is 0 Å². The number of ketones is 1. The van der Waals surface area contributed by atoms with Crippen molar-refractivity contribution in [3.63, 3.8) is 0 Å². The predicted molar refractivity (Wildman–Crippen MR) is 111 cm³/mol. The van der Waals surface area contributed by atoms with Gasteiger partial charge in [-0.15, -0.1) is 11.3 Å². The molecule has 0 fully saturated rings. The molecule has 1 amide bonds. The molecule has 1 N–H and O–H groups in total. The number of thiophene rings is 1. The van der Waals surface area contributed by atoms with Crippen molar-refractivity contribution in [1.82, 2.24) is 0 Å². The predicted octanol–water partition coefficient (Wildman–Crippen LogP) is 4.32. The van der Waals surface area contributed by atoms with E-state index in [2.05, 4.69) is 6.92 Å². The monoisotopic (exact) mass is 391 g/mol. The Bertz CT molecular complexity index is 1010. The number of amides is 1. The molecule has 5 heteroatoms. The minimum Gasteiger partial charge on any atom is -0.375 e. The fourth-order valence-electron chi connectivity index (χ4n) is 3.65. The molecule has 0 spiro atoms. The molecule has 3 aromatic rings. The third-order valence-corrected chi connectivity index (χ3v) is 6.10. The molecule has 0 radical (unpaired) electrons. The Labute approximate surface area is 168 Å². The van der Waals surface area contributed by atoms with Crippen LogP contribution in [0, 0.1) is 0 Å². The molecule has 1 atom stereocenters. The summed E-state index contributed by atoms with van der Waals surface area (Å²) < 4.78 is 0. The highest BCUT2D eigenvalue weighted by molar-refractivity contribution is 7.09. The van der Waals surface area contributed by atoms with E-state index in [1.165, 1.54) is 0 Å². The van der Waals surface area contributed by atoms with Crippen LogP contribution in [0.2, 0.25) is 0 Å². The van der Waals surface area contributed by atoms with Crippen molar-refractivity contribution < 1.29 is 14.7 Å². The van der Waals surface area contributed by atoms with Gasteiger partial charge in [0.05, 0.1) is 18.7 Å². The number of nitrogens with zero attached hydrogens (tertiary/aromatic N) is 1. The molecule has 2 heterocycles. The van der Waals surface area contributed by atoms with Gasteiger partial charge in [-0.1, -0.05) is 55.5 Å². The van der Waals surface area contributed by atoms with Gasteiger partial charge in [-0.3, -0.25) is 9.59 Å². The van der Waals surface area contributed by atoms with E-state index in [9.17, 15) is 14.7 Å². The quantitative estimate of drug-likeness (QED) is 0.637. The zero-order chi connectivity index (χ0) is 19.7. The van der Waals surface area contributed by atoms with Gasteiger partial charge in [0.15, 0.2) is 11.4 Å². The topological polar surface area (TPSA) is 57.6 Å². The standard InChI is InChI=1S/C23H21NO3S/c1-2-16-9-11-17(12-10-16)21(25)14-23(27)19-7-3-4-8-20(19)24(22(23)26)15-18-6-5-13-28-18/h3-13,27H,2,14-15H2,1H3/t23-/m0/s1. The zero-order valence-corrected chi connectivity index (χ0v) is 16.4. The molecule has 1 aliphatic rings. The van der Waals surface area contributed by atoms with Crippen LogP contribution in [0.4, 0.5) is 5.69 Å². The molecule has 0 bridgehead atoms. The van der Waals surface area contributed by atoms with Crippen LogP contribution in [0.1, 0.15) is 39.7 Å². The normalized spacial score (nSPS) is 18.4. The van der Waals surface area contributed by atoms with Gasteiger partial charge in [0, 0.05) is 16.0 Å². The summed E-state index contributed by atoms with van der Waals surface area (Å²) in [5.74, 6) is -0.688. The number of anilines is 1. The molecule has 0 saturated heterocycles. The number of hydrogen-bond acceptors (Lipinski definition) is 4. The summed E-state index contributed by atoms with van der Waals surface area (Å²) >= 11 is 1.56. The van der Waals surface area contributed by atoms with E-state index >= 15 is 0 Å². The first-order valence-corrected chi connectivity index (χ1v) is 10.2. The Hall–Kier alpha value is -2.76. The van der Waals surface area contributed by atoms with Gasteiger partial charge in [0.25, 0.3) is 5.91 Å². The van der Waals surface area contributed by atoms with E-state index < -0.39 is 11.5 Å². The molecular formula is C23H21NO3S. The first kappa shape index (κ1) is 18.6. The Balaban J connectivity index is 1.65. The van der Waals surface area contributed by atoms with Crippen LogP contribution in [0.25, 0.3) is 0 Å². The lowest BCUT2D eigenvalue weighted by Crippen LogP contribution is -2.41. The zero-order valence-electron chi connectivity index (χ0n) is 15.6. The fraction of sp³-hybridized carbons (Fsp3) is 0.217. The maximum absolute atomic E-state index is 13.2. The number of benzene rings is 2. The maximum atomic E-state index is 13.2. The van der Waals surface area contributed by atoms with Crippen LogP contribution in [0.15, 0.2) is 66.0 Å². The minimum absolute atomic E-state index is 0.244. The van der Waals surface area contributed by atoms with Gasteiger partial charge in [-0.05, 0) is 29.5 Å². The van der Waals surface area contributed by atoms with Gasteiger partial charge < -0.3 is 10.0 Å². The molecule has 0 unspecified atom stereocenters. The molecule has 0 aliphatic carbocycles. The van der Waals surface area contributed by atoms with Crippen LogP contribution in [0.5, 0.6) is 0 Å². The molecule has 1 aromatic heterocycles. The number of rotatable bonds is 6. The molecule has 2 aromatic carbocycles. The van der Waals surface area contributed by atoms with Crippen molar-refractivity contribution >= 4 is 28.7 Å². The van der Waals surface area contributed by atoms with Crippen molar-refractivity contribution in [3.05, 3.63) is 87.6 Å². The first-order valence-electron chi connectivity index (χ1n) is 9.31. The Morgan fingerprint density at radius 3 is 2.50 bits per heavy atom. The van der Waals surface area contributed by atoms with Crippen molar-refractivity contribution in [2.45, 2.75) is 31.9 Å². The largest absolute Gasteiger partial charge is 0.375 e. The van der Waals surface area contributed by atoms with Crippen molar-refractivity contribution in [2.75, 3.05) is 4.90 Å². The number of aliphatic hydroxyl groups is 1. The summed E-state index contributed by atoms with van der Waals surface area (Å²) in [4.78, 5) is 28.7. The van der Waals surface area contributed by atoms with Gasteiger partial charge in [-0.2, -0.15) is 0 Å². The number of carbonyl (C=O) groups is 2. The third kappa shape index (κ3) is 3.17. The van der Waals surface area contributed by atoms with Gasteiger partial charge >= 0.3 is 0 Å². The van der Waals surface area contributed by atoms with Crippen LogP contribution in [-0.2, 0) is 23.4 Å². The van der Waals surface area contributed by atoms with E-state index in [1.54, 1.807) is 40.5 Å². The van der Waals surface area contributed by atoms with Crippen molar-refractivity contribution in [3.8, 4) is 0 Å². The van der Waals surface area contributed by atoms with Crippen LogP contribution >= 0.6 is 11.3 Å². The lowest BCUT2D eigenvalue weighted by Gasteiger charge is -2.22. The maximum Gasteiger partial charge on any atom is 0.264 e. The average Bonchev–Trinajstić information content (AvgIpc) is 3.30. The molecule has 142 valence electrons. The van der Waals surface area contributed by atoms with E-state index in [1.807, 2.05) is 41.8 Å². The SMILES string of the molecule is CCc1ccc(C(=O)C[C@@]2(O)C(=O)N(Cc3cccs3)c3ccccc32)cc1. The Morgan fingerprint density at radius 1 is 1.07 bits per heavy atom. The number of hydrogen-bond donors (Lipinski definition) is 1. The lowest BCUT2D eigenvalue weighted by molar-refractivity contribution is -0.136. The number of Topliss-reactive ketones (excluding diaryl/α,β-unsaturated/α-hetero) is 1. The molecule has 4 nitrogen and oxygen atoms in total. The van der Waals surface area contributed by atoms with Gasteiger partial charge in [-0.25, -0.2) is 0 Å². The molecule has 0 saturated carbocycles. The number of carbonyl (C=O) groups excluding carboxylic acids is 2. The van der Waals surface area contributed by atoms with E-state index in [0.29, 0.717) is 23.4 Å². The van der Waals surface area contributed by atoms with E-state index in [4.69, 9.17) is 0 Å². The van der Waals surface area contributed by atoms with Crippen LogP contribution in [-0.4, -0.2) is 16.8 Å². The molecule has 1 aliphatic heterocycles. The summed E-state index contributed by atoms with van der Waals surface area (Å²) in [5, 5.41) is 13.3. The summed E-state index contributed by atoms with van der Waals surface area (Å²) in [7, 11) is 0. The van der Waals surface area contributed by atoms with Gasteiger partial charge in [0.1, 0.15) is 0 Å². The Morgan fingerprint density at radius 2 is 1.82 bits per heavy atom. The summed E-state index contributed by atoms with van der Waals surface area (Å²) in [6.07, 6.45) is 0.622. The van der Waals surface area contributed by atoms with Crippen LogP contribution < -0.4 is 4.90 Å². The van der Waals surface area contributed by atoms with Crippen molar-refractivity contribution in [2.24, 2.45) is 0 Å². The lowest BCUT2D eigenvalue weighted by atomic mass is 9.88. The smallest absolute Gasteiger partial charge is 0.264 e. The highest BCUT2D eigenvalue weighted by Gasteiger charge is 2.50. The molecule has 28 heavy (non-hydrogen) atoms. The minimum atomic E-state index is -1.84. The highest BCUT2D eigenvalue weighted by atomic mass is 32.1.